The number of rotatable bonds is 1. The van der Waals surface area contributed by atoms with Crippen LogP contribution in [0.5, 0.6) is 0 Å². The monoisotopic (exact) mass is 515 g/mol. The number of nitrogens with zero attached hydrogens (tertiary/aromatic N) is 1. The molecule has 3 aliphatic carbocycles. The van der Waals surface area contributed by atoms with Gasteiger partial charge in [0.25, 0.3) is 0 Å². The zero-order valence-corrected chi connectivity index (χ0v) is 25.1. The van der Waals surface area contributed by atoms with Crippen LogP contribution in [0.1, 0.15) is 93.1 Å². The van der Waals surface area contributed by atoms with Gasteiger partial charge in [-0.25, -0.2) is 0 Å². The van der Waals surface area contributed by atoms with Crippen molar-refractivity contribution in [2.24, 2.45) is 34.0 Å². The number of ether oxygens (including phenoxy) is 1. The van der Waals surface area contributed by atoms with Crippen LogP contribution in [0.15, 0.2) is 60.2 Å². The number of carbonyl (C=O) groups is 1. The van der Waals surface area contributed by atoms with Crippen LogP contribution >= 0.6 is 0 Å². The average Bonchev–Trinajstić information content (AvgIpc) is 2.83. The third-order valence-electron chi connectivity index (χ3n) is 10.3. The van der Waals surface area contributed by atoms with Crippen molar-refractivity contribution >= 4 is 11.4 Å². The molecule has 2 saturated carbocycles. The highest BCUT2D eigenvalue weighted by molar-refractivity contribution is 5.88. The van der Waals surface area contributed by atoms with Crippen molar-refractivity contribution in [3.8, 4) is 6.07 Å². The lowest BCUT2D eigenvalue weighted by Gasteiger charge is -2.62. The minimum atomic E-state index is -0.514. The van der Waals surface area contributed by atoms with E-state index in [9.17, 15) is 10.1 Å². The van der Waals surface area contributed by atoms with Crippen LogP contribution in [-0.2, 0) is 9.53 Å². The van der Waals surface area contributed by atoms with Crippen molar-refractivity contribution in [2.45, 2.75) is 93.6 Å². The summed E-state index contributed by atoms with van der Waals surface area (Å²) in [6, 6.07) is 12.7. The molecule has 3 nitrogen and oxygen atoms in total. The first-order valence-corrected chi connectivity index (χ1v) is 14.3. The molecule has 0 amide bonds. The van der Waals surface area contributed by atoms with Gasteiger partial charge in [0.2, 0.25) is 0 Å². The molecule has 1 aromatic rings. The molecule has 1 saturated heterocycles. The van der Waals surface area contributed by atoms with Crippen LogP contribution in [0.25, 0.3) is 5.57 Å². The Labute approximate surface area is 232 Å². The number of fused-ring (bicyclic) bond motifs is 5. The number of ketones is 1. The first-order valence-electron chi connectivity index (χ1n) is 14.3. The normalized spacial score (nSPS) is 34.7. The summed E-state index contributed by atoms with van der Waals surface area (Å²) in [6.07, 6.45) is 4.81. The highest BCUT2D eigenvalue weighted by atomic mass is 16.5. The molecular weight excluding hydrogens is 466 g/mol. The fourth-order valence-electron chi connectivity index (χ4n) is 7.21. The zero-order chi connectivity index (χ0) is 28.5. The van der Waals surface area contributed by atoms with Gasteiger partial charge in [0.05, 0.1) is 24.7 Å². The van der Waals surface area contributed by atoms with E-state index in [0.29, 0.717) is 18.1 Å². The van der Waals surface area contributed by atoms with Crippen molar-refractivity contribution in [2.75, 3.05) is 6.61 Å². The Kier molecular flexibility index (Phi) is 8.99. The first kappa shape index (κ1) is 30.1. The summed E-state index contributed by atoms with van der Waals surface area (Å²) in [5.41, 5.74) is 5.99. The van der Waals surface area contributed by atoms with Crippen LogP contribution in [0.3, 0.4) is 0 Å². The molecule has 6 atom stereocenters. The molecule has 6 unspecified atom stereocenters. The molecular formula is C35H49NO2. The number of nitriles is 1. The quantitative estimate of drug-likeness (QED) is 0.351. The fraction of sp³-hybridized carbons (Fsp3) is 0.600. The van der Waals surface area contributed by atoms with E-state index in [2.05, 4.69) is 66.0 Å². The van der Waals surface area contributed by atoms with Crippen LogP contribution in [-0.4, -0.2) is 18.5 Å². The van der Waals surface area contributed by atoms with Gasteiger partial charge < -0.3 is 4.74 Å². The zero-order valence-electron chi connectivity index (χ0n) is 25.1. The largest absolute Gasteiger partial charge is 0.377 e. The summed E-state index contributed by atoms with van der Waals surface area (Å²) in [7, 11) is 0. The molecule has 0 spiro atoms. The minimum absolute atomic E-state index is 0.0476. The third-order valence-corrected chi connectivity index (χ3v) is 10.3. The lowest BCUT2D eigenvalue weighted by molar-refractivity contribution is -0.213. The predicted molar refractivity (Wildman–Crippen MR) is 158 cm³/mol. The van der Waals surface area contributed by atoms with E-state index in [1.165, 1.54) is 28.7 Å². The molecule has 0 radical (unpaired) electrons. The molecule has 3 fully saturated rings. The lowest BCUT2D eigenvalue weighted by atomic mass is 9.44. The number of hydrogen-bond acceptors (Lipinski definition) is 3. The third kappa shape index (κ3) is 5.48. The van der Waals surface area contributed by atoms with Gasteiger partial charge in [0, 0.05) is 17.8 Å². The Morgan fingerprint density at radius 1 is 1.08 bits per heavy atom. The molecule has 1 aliphatic heterocycles. The van der Waals surface area contributed by atoms with Crippen molar-refractivity contribution in [3.63, 3.8) is 0 Å². The SMILES string of the molecule is C=C(C)C.C=C(C)c1ccccc1.CC1=C2CC(=O)C3(C)C(C#N)CC4OCC4C3CC(C)(CC1)C2(C)C. The first-order chi connectivity index (χ1) is 17.7. The van der Waals surface area contributed by atoms with Crippen LogP contribution < -0.4 is 0 Å². The van der Waals surface area contributed by atoms with Crippen molar-refractivity contribution < 1.29 is 9.53 Å². The number of benzene rings is 1. The van der Waals surface area contributed by atoms with Crippen LogP contribution in [0, 0.1) is 45.3 Å². The summed E-state index contributed by atoms with van der Waals surface area (Å²) < 4.78 is 5.80. The molecule has 1 heterocycles. The summed E-state index contributed by atoms with van der Waals surface area (Å²) >= 11 is 0. The molecule has 38 heavy (non-hydrogen) atoms. The molecule has 3 heteroatoms. The van der Waals surface area contributed by atoms with E-state index < -0.39 is 5.41 Å². The molecule has 1 aromatic carbocycles. The smallest absolute Gasteiger partial charge is 0.144 e. The summed E-state index contributed by atoms with van der Waals surface area (Å²) in [5, 5.41) is 9.86. The summed E-state index contributed by atoms with van der Waals surface area (Å²) in [5.74, 6) is 0.833. The van der Waals surface area contributed by atoms with Gasteiger partial charge in [0.15, 0.2) is 0 Å². The molecule has 206 valence electrons. The molecule has 4 aliphatic rings. The second-order valence-electron chi connectivity index (χ2n) is 13.4. The maximum absolute atomic E-state index is 13.6. The van der Waals surface area contributed by atoms with E-state index in [-0.39, 0.29) is 28.8 Å². The van der Waals surface area contributed by atoms with Crippen molar-refractivity contribution in [1.29, 1.82) is 5.26 Å². The Balaban J connectivity index is 0.000000255. The van der Waals surface area contributed by atoms with Crippen molar-refractivity contribution in [1.82, 2.24) is 0 Å². The van der Waals surface area contributed by atoms with Crippen molar-refractivity contribution in [3.05, 3.63) is 65.8 Å². The number of carbonyl (C=O) groups excluding carboxylic acids is 1. The van der Waals surface area contributed by atoms with Gasteiger partial charge in [-0.2, -0.15) is 5.26 Å². The van der Waals surface area contributed by atoms with E-state index in [1.54, 1.807) is 0 Å². The Hall–Kier alpha value is -2.44. The van der Waals surface area contributed by atoms with Gasteiger partial charge in [-0.1, -0.05) is 86.9 Å². The van der Waals surface area contributed by atoms with Crippen LogP contribution in [0.2, 0.25) is 0 Å². The fourth-order valence-corrected chi connectivity index (χ4v) is 7.21. The topological polar surface area (TPSA) is 50.1 Å². The van der Waals surface area contributed by atoms with Gasteiger partial charge in [-0.3, -0.25) is 4.79 Å². The highest BCUT2D eigenvalue weighted by Gasteiger charge is 2.63. The second kappa shape index (κ2) is 11.4. The molecule has 5 rings (SSSR count). The standard InChI is InChI=1S/C22H31NO2.C9H10.C4H8/c1-13-6-7-21(4)10-17-15-12-25-18(15)8-14(11-23)22(17,5)19(24)9-16(13)20(21,2)3;1-8(2)9-6-4-3-5-7-9;1-4(2)3/h14-15,17-18H,6-10,12H2,1-5H3;3-7H,1H2,2H3;1H2,2-3H3. The Morgan fingerprint density at radius 3 is 2.16 bits per heavy atom. The minimum Gasteiger partial charge on any atom is -0.377 e. The second-order valence-corrected chi connectivity index (χ2v) is 13.4. The Bertz CT molecular complexity index is 1130. The van der Waals surface area contributed by atoms with Crippen LogP contribution in [0.4, 0.5) is 0 Å². The van der Waals surface area contributed by atoms with Gasteiger partial charge in [-0.15, -0.1) is 6.58 Å². The highest BCUT2D eigenvalue weighted by Crippen LogP contribution is 2.65. The number of hydrogen-bond donors (Lipinski definition) is 0. The molecule has 2 bridgehead atoms. The molecule has 0 aromatic heterocycles. The summed E-state index contributed by atoms with van der Waals surface area (Å²) in [6.45, 7) is 25.6. The van der Waals surface area contributed by atoms with Gasteiger partial charge in [-0.05, 0) is 75.7 Å². The molecule has 0 N–H and O–H groups in total. The number of Topliss-reactive ketones (excluding diaryl/α,β-unsaturated/α-hetero) is 1. The number of allylic oxidation sites excluding steroid dienone is 4. The van der Waals surface area contributed by atoms with Gasteiger partial charge in [0.1, 0.15) is 5.78 Å². The maximum Gasteiger partial charge on any atom is 0.144 e. The van der Waals surface area contributed by atoms with Gasteiger partial charge >= 0.3 is 0 Å². The average molecular weight is 516 g/mol. The van der Waals surface area contributed by atoms with E-state index in [4.69, 9.17) is 4.74 Å². The summed E-state index contributed by atoms with van der Waals surface area (Å²) in [4.78, 5) is 13.6. The van der Waals surface area contributed by atoms with E-state index in [1.807, 2.05) is 39.0 Å². The van der Waals surface area contributed by atoms with E-state index in [0.717, 1.165) is 31.4 Å². The predicted octanol–water partition coefficient (Wildman–Crippen LogP) is 8.98. The van der Waals surface area contributed by atoms with E-state index >= 15 is 0 Å². The maximum atomic E-state index is 13.6. The lowest BCUT2D eigenvalue weighted by Crippen LogP contribution is -2.62. The Morgan fingerprint density at radius 2 is 1.68 bits per heavy atom.